The molecule has 10 nitrogen and oxygen atoms in total. The minimum Gasteiger partial charge on any atom is -0.474 e. The SMILES string of the molecule is Cc1ccc(S(=O)(=O)NCCC(C)(C)O)cc1-c1cnc(N)c(-c2ccc(OC3CCOCC3)nc2)n1. The highest BCUT2D eigenvalue weighted by molar-refractivity contribution is 7.89. The Hall–Kier alpha value is -3.12. The summed E-state index contributed by atoms with van der Waals surface area (Å²) in [5.74, 6) is 0.752. The van der Waals surface area contributed by atoms with E-state index in [0.29, 0.717) is 41.6 Å². The Labute approximate surface area is 217 Å². The molecule has 11 heteroatoms. The topological polar surface area (TPSA) is 150 Å². The average molecular weight is 528 g/mol. The summed E-state index contributed by atoms with van der Waals surface area (Å²) in [6.07, 6.45) is 5.18. The molecular weight excluding hydrogens is 494 g/mol. The zero-order valence-corrected chi connectivity index (χ0v) is 22.1. The number of ether oxygens (including phenoxy) is 2. The molecule has 0 spiro atoms. The van der Waals surface area contributed by atoms with Gasteiger partial charge in [-0.15, -0.1) is 0 Å². The summed E-state index contributed by atoms with van der Waals surface area (Å²) in [5.41, 5.74) is 8.21. The Balaban J connectivity index is 1.57. The number of aryl methyl sites for hydroxylation is 1. The molecule has 1 aliphatic heterocycles. The van der Waals surface area contributed by atoms with Crippen molar-refractivity contribution in [1.82, 2.24) is 19.7 Å². The van der Waals surface area contributed by atoms with Gasteiger partial charge in [0.1, 0.15) is 17.6 Å². The zero-order valence-electron chi connectivity index (χ0n) is 21.3. The molecule has 0 aliphatic carbocycles. The second-order valence-electron chi connectivity index (χ2n) is 9.74. The second-order valence-corrected chi connectivity index (χ2v) is 11.5. The quantitative estimate of drug-likeness (QED) is 0.381. The maximum Gasteiger partial charge on any atom is 0.240 e. The predicted octanol–water partition coefficient (Wildman–Crippen LogP) is 3.09. The van der Waals surface area contributed by atoms with Crippen molar-refractivity contribution in [2.24, 2.45) is 0 Å². The number of nitrogens with two attached hydrogens (primary N) is 1. The van der Waals surface area contributed by atoms with Gasteiger partial charge in [-0.25, -0.2) is 28.1 Å². The van der Waals surface area contributed by atoms with Gasteiger partial charge in [-0.05, 0) is 51.0 Å². The van der Waals surface area contributed by atoms with E-state index in [0.717, 1.165) is 18.4 Å². The Morgan fingerprint density at radius 2 is 1.92 bits per heavy atom. The van der Waals surface area contributed by atoms with E-state index in [1.54, 1.807) is 38.2 Å². The Morgan fingerprint density at radius 1 is 1.16 bits per heavy atom. The van der Waals surface area contributed by atoms with E-state index in [9.17, 15) is 13.5 Å². The Morgan fingerprint density at radius 3 is 2.59 bits per heavy atom. The number of hydrogen-bond acceptors (Lipinski definition) is 9. The minimum atomic E-state index is -3.78. The monoisotopic (exact) mass is 527 g/mol. The molecule has 198 valence electrons. The highest BCUT2D eigenvalue weighted by Crippen LogP contribution is 2.30. The van der Waals surface area contributed by atoms with Crippen molar-refractivity contribution in [3.63, 3.8) is 0 Å². The molecule has 4 N–H and O–H groups in total. The smallest absolute Gasteiger partial charge is 0.240 e. The van der Waals surface area contributed by atoms with E-state index >= 15 is 0 Å². The van der Waals surface area contributed by atoms with Gasteiger partial charge in [0.15, 0.2) is 0 Å². The van der Waals surface area contributed by atoms with E-state index in [-0.39, 0.29) is 29.8 Å². The number of aromatic nitrogens is 3. The molecule has 1 aromatic carbocycles. The van der Waals surface area contributed by atoms with Crippen molar-refractivity contribution in [1.29, 1.82) is 0 Å². The van der Waals surface area contributed by atoms with E-state index in [2.05, 4.69) is 14.7 Å². The fourth-order valence-corrected chi connectivity index (χ4v) is 4.97. The molecule has 3 aromatic rings. The lowest BCUT2D eigenvalue weighted by atomic mass is 10.1. The van der Waals surface area contributed by atoms with Crippen LogP contribution < -0.4 is 15.2 Å². The summed E-state index contributed by atoms with van der Waals surface area (Å²) in [4.78, 5) is 13.5. The maximum atomic E-state index is 12.9. The fraction of sp³-hybridized carbons (Fsp3) is 0.423. The summed E-state index contributed by atoms with van der Waals surface area (Å²) in [6, 6.07) is 8.43. The number of nitrogens with one attached hydrogen (secondary N) is 1. The number of nitrogen functional groups attached to an aromatic ring is 1. The third kappa shape index (κ3) is 7.01. The summed E-state index contributed by atoms with van der Waals surface area (Å²) in [6.45, 7) is 6.61. The van der Waals surface area contributed by atoms with Crippen LogP contribution in [0.4, 0.5) is 5.82 Å². The van der Waals surface area contributed by atoms with Gasteiger partial charge in [0.05, 0.1) is 35.6 Å². The van der Waals surface area contributed by atoms with Crippen molar-refractivity contribution in [3.05, 3.63) is 48.3 Å². The van der Waals surface area contributed by atoms with Crippen molar-refractivity contribution in [3.8, 4) is 28.4 Å². The summed E-state index contributed by atoms with van der Waals surface area (Å²) < 4.78 is 39.6. The lowest BCUT2D eigenvalue weighted by Crippen LogP contribution is -2.30. The van der Waals surface area contributed by atoms with Crippen molar-refractivity contribution in [2.75, 3.05) is 25.5 Å². The molecule has 1 saturated heterocycles. The number of aliphatic hydroxyl groups is 1. The van der Waals surface area contributed by atoms with Gasteiger partial charge < -0.3 is 20.3 Å². The van der Waals surface area contributed by atoms with E-state index in [1.807, 2.05) is 13.0 Å². The first-order chi connectivity index (χ1) is 17.5. The van der Waals surface area contributed by atoms with E-state index in [1.165, 1.54) is 12.3 Å². The number of nitrogens with zero attached hydrogens (tertiary/aromatic N) is 3. The second kappa shape index (κ2) is 11.1. The summed E-state index contributed by atoms with van der Waals surface area (Å²) in [5, 5.41) is 9.87. The molecule has 2 aromatic heterocycles. The lowest BCUT2D eigenvalue weighted by Gasteiger charge is -2.22. The molecule has 1 fully saturated rings. The first-order valence-electron chi connectivity index (χ1n) is 12.2. The van der Waals surface area contributed by atoms with Crippen LogP contribution in [0.5, 0.6) is 5.88 Å². The third-order valence-corrected chi connectivity index (χ3v) is 7.55. The number of hydrogen-bond donors (Lipinski definition) is 3. The molecular formula is C26H33N5O5S. The number of sulfonamides is 1. The third-order valence-electron chi connectivity index (χ3n) is 6.09. The highest BCUT2D eigenvalue weighted by Gasteiger charge is 2.20. The summed E-state index contributed by atoms with van der Waals surface area (Å²) in [7, 11) is -3.78. The van der Waals surface area contributed by atoms with Gasteiger partial charge >= 0.3 is 0 Å². The van der Waals surface area contributed by atoms with Crippen LogP contribution in [0.1, 0.15) is 38.7 Å². The molecule has 4 rings (SSSR count). The Bertz CT molecular complexity index is 1330. The molecule has 0 atom stereocenters. The van der Waals surface area contributed by atoms with Crippen LogP contribution in [0.3, 0.4) is 0 Å². The van der Waals surface area contributed by atoms with Crippen LogP contribution in [-0.2, 0) is 14.8 Å². The van der Waals surface area contributed by atoms with Crippen LogP contribution in [-0.4, -0.2) is 59.9 Å². The Kier molecular flexibility index (Phi) is 8.08. The number of pyridine rings is 1. The number of benzene rings is 1. The molecule has 0 radical (unpaired) electrons. The van der Waals surface area contributed by atoms with Gasteiger partial charge in [0.2, 0.25) is 15.9 Å². The van der Waals surface area contributed by atoms with Gasteiger partial charge in [-0.3, -0.25) is 0 Å². The highest BCUT2D eigenvalue weighted by atomic mass is 32.2. The molecule has 3 heterocycles. The zero-order chi connectivity index (χ0) is 26.6. The van der Waals surface area contributed by atoms with Crippen molar-refractivity contribution in [2.45, 2.75) is 56.6 Å². The van der Waals surface area contributed by atoms with Crippen LogP contribution in [0.25, 0.3) is 22.5 Å². The molecule has 0 unspecified atom stereocenters. The fourth-order valence-electron chi connectivity index (χ4n) is 3.91. The van der Waals surface area contributed by atoms with Gasteiger partial charge in [0, 0.05) is 42.8 Å². The largest absolute Gasteiger partial charge is 0.474 e. The van der Waals surface area contributed by atoms with Crippen LogP contribution in [0, 0.1) is 6.92 Å². The molecule has 1 aliphatic rings. The van der Waals surface area contributed by atoms with Gasteiger partial charge in [0.25, 0.3) is 0 Å². The maximum absolute atomic E-state index is 12.9. The van der Waals surface area contributed by atoms with Crippen LogP contribution in [0.2, 0.25) is 0 Å². The standard InChI is InChI=1S/C26H33N5O5S/c1-17-4-6-20(37(33,34)30-11-10-26(2,3)32)14-21(17)22-16-29-25(27)24(31-22)18-5-7-23(28-15-18)36-19-8-12-35-13-9-19/h4-7,14-16,19,30,32H,8-13H2,1-3H3,(H2,27,29). The van der Waals surface area contributed by atoms with Gasteiger partial charge in [-0.1, -0.05) is 6.07 Å². The first-order valence-corrected chi connectivity index (χ1v) is 13.7. The number of rotatable bonds is 9. The number of anilines is 1. The summed E-state index contributed by atoms with van der Waals surface area (Å²) >= 11 is 0. The molecule has 0 amide bonds. The van der Waals surface area contributed by atoms with Crippen molar-refractivity contribution < 1.29 is 23.0 Å². The molecule has 37 heavy (non-hydrogen) atoms. The van der Waals surface area contributed by atoms with Crippen LogP contribution in [0.15, 0.2) is 47.6 Å². The van der Waals surface area contributed by atoms with Gasteiger partial charge in [-0.2, -0.15) is 0 Å². The molecule has 0 bridgehead atoms. The molecule has 0 saturated carbocycles. The normalized spacial score (nSPS) is 15.0. The average Bonchev–Trinajstić information content (AvgIpc) is 2.85. The minimum absolute atomic E-state index is 0.0800. The van der Waals surface area contributed by atoms with Crippen LogP contribution >= 0.6 is 0 Å². The first kappa shape index (κ1) is 26.9. The predicted molar refractivity (Wildman–Crippen MR) is 140 cm³/mol. The van der Waals surface area contributed by atoms with E-state index < -0.39 is 15.6 Å². The van der Waals surface area contributed by atoms with Crippen molar-refractivity contribution >= 4 is 15.8 Å². The lowest BCUT2D eigenvalue weighted by molar-refractivity contribution is 0.0237. The van der Waals surface area contributed by atoms with E-state index in [4.69, 9.17) is 20.2 Å².